The summed E-state index contributed by atoms with van der Waals surface area (Å²) in [5.41, 5.74) is 3.03. The molecule has 0 spiro atoms. The minimum Gasteiger partial charge on any atom is -0.301 e. The number of rotatable bonds is 3. The molecule has 1 aliphatic rings. The quantitative estimate of drug-likeness (QED) is 0.880. The summed E-state index contributed by atoms with van der Waals surface area (Å²) in [5, 5.41) is 1.24. The molecule has 0 aliphatic carbocycles. The van der Waals surface area contributed by atoms with Gasteiger partial charge in [0.1, 0.15) is 0 Å². The Labute approximate surface area is 152 Å². The molecule has 0 saturated carbocycles. The zero-order valence-corrected chi connectivity index (χ0v) is 15.7. The highest BCUT2D eigenvalue weighted by Gasteiger charge is 2.27. The Morgan fingerprint density at radius 1 is 1.21 bits per heavy atom. The molecule has 1 heterocycles. The third-order valence-corrected chi connectivity index (χ3v) is 6.30. The summed E-state index contributed by atoms with van der Waals surface area (Å²) in [4.78, 5) is 2.43. The summed E-state index contributed by atoms with van der Waals surface area (Å²) in [7, 11) is -0.0515. The molecule has 1 N–H and O–H groups in total. The second-order valence-corrected chi connectivity index (χ2v) is 8.71. The van der Waals surface area contributed by atoms with Crippen LogP contribution in [0, 0.1) is 0 Å². The average molecular weight is 385 g/mol. The van der Waals surface area contributed by atoms with E-state index in [-0.39, 0.29) is 10.8 Å². The van der Waals surface area contributed by atoms with Crippen molar-refractivity contribution in [3.05, 3.63) is 63.1 Å². The molecule has 0 fully saturated rings. The van der Waals surface area contributed by atoms with Gasteiger partial charge in [0, 0.05) is 29.1 Å². The van der Waals surface area contributed by atoms with Crippen LogP contribution in [-0.4, -0.2) is 34.0 Å². The zero-order chi connectivity index (χ0) is 17.5. The van der Waals surface area contributed by atoms with E-state index in [2.05, 4.69) is 9.62 Å². The van der Waals surface area contributed by atoms with E-state index in [1.165, 1.54) is 7.05 Å². The number of benzene rings is 2. The van der Waals surface area contributed by atoms with Crippen LogP contribution >= 0.6 is 23.2 Å². The highest BCUT2D eigenvalue weighted by Crippen LogP contribution is 2.38. The monoisotopic (exact) mass is 384 g/mol. The van der Waals surface area contributed by atoms with Crippen molar-refractivity contribution in [3.8, 4) is 0 Å². The maximum atomic E-state index is 12.1. The number of hydrogen-bond acceptors (Lipinski definition) is 3. The standard InChI is InChI=1S/C17H18Cl2N2O2S/c1-20-24(22,23)13-5-3-4-11(6-13)15-9-21(2)10-16-14(15)7-12(18)8-17(16)19/h3-8,15,20H,9-10H2,1-2H3. The second-order valence-electron chi connectivity index (χ2n) is 5.98. The third-order valence-electron chi connectivity index (χ3n) is 4.33. The number of halogens is 2. The molecule has 1 atom stereocenters. The fourth-order valence-corrected chi connectivity index (χ4v) is 4.50. The topological polar surface area (TPSA) is 49.4 Å². The maximum Gasteiger partial charge on any atom is 0.240 e. The highest BCUT2D eigenvalue weighted by atomic mass is 35.5. The molecule has 4 nitrogen and oxygen atoms in total. The molecule has 0 saturated heterocycles. The smallest absolute Gasteiger partial charge is 0.240 e. The van der Waals surface area contributed by atoms with Gasteiger partial charge in [-0.1, -0.05) is 35.3 Å². The van der Waals surface area contributed by atoms with E-state index in [1.807, 2.05) is 19.2 Å². The van der Waals surface area contributed by atoms with Crippen LogP contribution < -0.4 is 4.72 Å². The van der Waals surface area contributed by atoms with Crippen molar-refractivity contribution in [2.75, 3.05) is 20.6 Å². The zero-order valence-electron chi connectivity index (χ0n) is 13.4. The van der Waals surface area contributed by atoms with Gasteiger partial charge in [0.15, 0.2) is 0 Å². The van der Waals surface area contributed by atoms with Gasteiger partial charge < -0.3 is 4.90 Å². The fourth-order valence-electron chi connectivity index (χ4n) is 3.15. The molecular weight excluding hydrogens is 367 g/mol. The predicted octanol–water partition coefficient (Wildman–Crippen LogP) is 3.48. The van der Waals surface area contributed by atoms with Crippen LogP contribution in [-0.2, 0) is 16.6 Å². The first-order valence-electron chi connectivity index (χ1n) is 7.51. The average Bonchev–Trinajstić information content (AvgIpc) is 2.55. The van der Waals surface area contributed by atoms with Gasteiger partial charge in [-0.2, -0.15) is 0 Å². The summed E-state index contributed by atoms with van der Waals surface area (Å²) in [6.45, 7) is 1.52. The summed E-state index contributed by atoms with van der Waals surface area (Å²) in [6, 6.07) is 10.7. The number of sulfonamides is 1. The minimum atomic E-state index is -3.48. The van der Waals surface area contributed by atoms with Crippen LogP contribution in [0.15, 0.2) is 41.3 Å². The molecule has 128 valence electrons. The molecule has 2 aromatic rings. The van der Waals surface area contributed by atoms with Crippen LogP contribution in [0.4, 0.5) is 0 Å². The van der Waals surface area contributed by atoms with Crippen LogP contribution in [0.25, 0.3) is 0 Å². The lowest BCUT2D eigenvalue weighted by Gasteiger charge is -2.33. The van der Waals surface area contributed by atoms with E-state index in [9.17, 15) is 8.42 Å². The van der Waals surface area contributed by atoms with Crippen molar-refractivity contribution in [2.45, 2.75) is 17.4 Å². The first-order valence-corrected chi connectivity index (χ1v) is 9.75. The number of nitrogens with zero attached hydrogens (tertiary/aromatic N) is 1. The summed E-state index contributed by atoms with van der Waals surface area (Å²) >= 11 is 12.6. The maximum absolute atomic E-state index is 12.1. The van der Waals surface area contributed by atoms with Crippen molar-refractivity contribution in [1.29, 1.82) is 0 Å². The third kappa shape index (κ3) is 3.32. The van der Waals surface area contributed by atoms with E-state index in [4.69, 9.17) is 23.2 Å². The van der Waals surface area contributed by atoms with Crippen molar-refractivity contribution in [1.82, 2.24) is 9.62 Å². The minimum absolute atomic E-state index is 0.0157. The summed E-state index contributed by atoms with van der Waals surface area (Å²) in [5.74, 6) is 0.0157. The lowest BCUT2D eigenvalue weighted by molar-refractivity contribution is 0.295. The Morgan fingerprint density at radius 3 is 2.67 bits per heavy atom. The van der Waals surface area contributed by atoms with Gasteiger partial charge >= 0.3 is 0 Å². The summed E-state index contributed by atoms with van der Waals surface area (Å²) in [6.07, 6.45) is 0. The van der Waals surface area contributed by atoms with Gasteiger partial charge in [0.2, 0.25) is 10.0 Å². The molecule has 3 rings (SSSR count). The molecular formula is C17H18Cl2N2O2S. The second kappa shape index (κ2) is 6.65. The van der Waals surface area contributed by atoms with Gasteiger partial charge in [-0.05, 0) is 55.1 Å². The SMILES string of the molecule is CNS(=O)(=O)c1cccc(C2CN(C)Cc3c(Cl)cc(Cl)cc32)c1. The molecule has 0 radical (unpaired) electrons. The number of nitrogens with one attached hydrogen (secondary N) is 1. The van der Waals surface area contributed by atoms with Crippen LogP contribution in [0.3, 0.4) is 0 Å². The van der Waals surface area contributed by atoms with Crippen LogP contribution in [0.2, 0.25) is 10.0 Å². The lowest BCUT2D eigenvalue weighted by Crippen LogP contribution is -2.31. The van der Waals surface area contributed by atoms with E-state index >= 15 is 0 Å². The normalized spacial score (nSPS) is 18.4. The van der Waals surface area contributed by atoms with Crippen LogP contribution in [0.1, 0.15) is 22.6 Å². The molecule has 24 heavy (non-hydrogen) atoms. The van der Waals surface area contributed by atoms with Crippen LogP contribution in [0.5, 0.6) is 0 Å². The van der Waals surface area contributed by atoms with Gasteiger partial charge in [-0.25, -0.2) is 13.1 Å². The van der Waals surface area contributed by atoms with E-state index in [1.54, 1.807) is 24.3 Å². The molecule has 7 heteroatoms. The Balaban J connectivity index is 2.13. The van der Waals surface area contributed by atoms with Gasteiger partial charge in [-0.15, -0.1) is 0 Å². The van der Waals surface area contributed by atoms with Gasteiger partial charge in [-0.3, -0.25) is 0 Å². The summed E-state index contributed by atoms with van der Waals surface area (Å²) < 4.78 is 26.5. The molecule has 0 amide bonds. The molecule has 2 aromatic carbocycles. The largest absolute Gasteiger partial charge is 0.301 e. The first kappa shape index (κ1) is 17.7. The van der Waals surface area contributed by atoms with Crippen molar-refractivity contribution < 1.29 is 8.42 Å². The Morgan fingerprint density at radius 2 is 1.96 bits per heavy atom. The first-order chi connectivity index (χ1) is 11.3. The molecule has 1 aliphatic heterocycles. The Bertz CT molecular complexity index is 884. The predicted molar refractivity (Wildman–Crippen MR) is 97.3 cm³/mol. The lowest BCUT2D eigenvalue weighted by atomic mass is 9.85. The number of likely N-dealkylation sites (N-methyl/N-ethyl adjacent to an activating group) is 1. The van der Waals surface area contributed by atoms with Gasteiger partial charge in [0.25, 0.3) is 0 Å². The van der Waals surface area contributed by atoms with E-state index < -0.39 is 10.0 Å². The highest BCUT2D eigenvalue weighted by molar-refractivity contribution is 7.89. The van der Waals surface area contributed by atoms with Gasteiger partial charge in [0.05, 0.1) is 4.90 Å². The van der Waals surface area contributed by atoms with E-state index in [0.29, 0.717) is 10.0 Å². The number of hydrogen-bond donors (Lipinski definition) is 1. The Kier molecular flexibility index (Phi) is 4.91. The molecule has 1 unspecified atom stereocenters. The fraction of sp³-hybridized carbons (Fsp3) is 0.294. The Hall–Kier alpha value is -1.11. The molecule has 0 aromatic heterocycles. The van der Waals surface area contributed by atoms with Crippen molar-refractivity contribution in [3.63, 3.8) is 0 Å². The van der Waals surface area contributed by atoms with Crippen molar-refractivity contribution >= 4 is 33.2 Å². The molecule has 0 bridgehead atoms. The van der Waals surface area contributed by atoms with Crippen molar-refractivity contribution in [2.24, 2.45) is 0 Å². The number of fused-ring (bicyclic) bond motifs is 1. The van der Waals surface area contributed by atoms with E-state index in [0.717, 1.165) is 29.8 Å².